The topological polar surface area (TPSA) is 18.5 Å². The van der Waals surface area contributed by atoms with E-state index in [4.69, 9.17) is 9.47 Å². The van der Waals surface area contributed by atoms with E-state index in [1.54, 1.807) is 0 Å². The average molecular weight is 262 g/mol. The number of hydrogen-bond acceptors (Lipinski definition) is 3. The molecule has 0 saturated carbocycles. The molecule has 0 atom stereocenters. The van der Waals surface area contributed by atoms with Gasteiger partial charge < -0.3 is 9.47 Å². The van der Waals surface area contributed by atoms with Crippen LogP contribution in [0.2, 0.25) is 0 Å². The molecule has 2 nitrogen and oxygen atoms in total. The van der Waals surface area contributed by atoms with Gasteiger partial charge in [0, 0.05) is 12.0 Å². The van der Waals surface area contributed by atoms with Crippen LogP contribution in [0.25, 0.3) is 0 Å². The van der Waals surface area contributed by atoms with E-state index in [1.807, 2.05) is 0 Å². The normalized spacial score (nSPS) is 12.0. The van der Waals surface area contributed by atoms with Gasteiger partial charge in [0.2, 0.25) is 0 Å². The summed E-state index contributed by atoms with van der Waals surface area (Å²) in [4.78, 5) is 0. The molecule has 0 aromatic carbocycles. The largest absolute Gasteiger partial charge is 0.379 e. The first-order valence-electron chi connectivity index (χ1n) is 7.01. The second-order valence-corrected chi connectivity index (χ2v) is 5.14. The second-order valence-electron chi connectivity index (χ2n) is 4.82. The molecule has 0 heterocycles. The first-order valence-corrected chi connectivity index (χ1v) is 7.64. The van der Waals surface area contributed by atoms with E-state index in [9.17, 15) is 0 Å². The molecule has 0 aromatic rings. The molecule has 0 aromatic heterocycles. The molecule has 0 spiro atoms. The molecule has 0 amide bonds. The van der Waals surface area contributed by atoms with E-state index >= 15 is 0 Å². The molecular weight excluding hydrogens is 232 g/mol. The second kappa shape index (κ2) is 11.4. The Kier molecular flexibility index (Phi) is 11.5. The van der Waals surface area contributed by atoms with Crippen LogP contribution in [-0.2, 0) is 9.47 Å². The van der Waals surface area contributed by atoms with Gasteiger partial charge in [0.15, 0.2) is 0 Å². The van der Waals surface area contributed by atoms with Crippen molar-refractivity contribution < 1.29 is 9.47 Å². The van der Waals surface area contributed by atoms with Gasteiger partial charge >= 0.3 is 0 Å². The summed E-state index contributed by atoms with van der Waals surface area (Å²) in [5, 5.41) is 0. The fourth-order valence-electron chi connectivity index (χ4n) is 2.19. The summed E-state index contributed by atoms with van der Waals surface area (Å²) in [5.41, 5.74) is 0.275. The molecule has 0 aliphatic carbocycles. The Morgan fingerprint density at radius 3 is 1.88 bits per heavy atom. The van der Waals surface area contributed by atoms with E-state index in [0.717, 1.165) is 32.0 Å². The molecule has 0 saturated heterocycles. The smallest absolute Gasteiger partial charge is 0.0700 e. The van der Waals surface area contributed by atoms with E-state index in [2.05, 4.69) is 33.4 Å². The first kappa shape index (κ1) is 17.3. The van der Waals surface area contributed by atoms with Crippen LogP contribution in [0.1, 0.15) is 52.9 Å². The van der Waals surface area contributed by atoms with Crippen molar-refractivity contribution in [2.45, 2.75) is 52.9 Å². The minimum Gasteiger partial charge on any atom is -0.379 e. The molecule has 0 aliphatic rings. The van der Waals surface area contributed by atoms with E-state index in [-0.39, 0.29) is 5.41 Å². The lowest BCUT2D eigenvalue weighted by Crippen LogP contribution is -2.29. The van der Waals surface area contributed by atoms with Crippen molar-refractivity contribution >= 4 is 12.6 Å². The average Bonchev–Trinajstić information content (AvgIpc) is 2.34. The van der Waals surface area contributed by atoms with Crippen molar-refractivity contribution in [1.82, 2.24) is 0 Å². The van der Waals surface area contributed by atoms with Crippen LogP contribution in [0.15, 0.2) is 0 Å². The zero-order valence-electron chi connectivity index (χ0n) is 11.8. The minimum absolute atomic E-state index is 0.275. The number of rotatable bonds is 12. The standard InChI is InChI=1S/C14H30O2S/c1-4-7-14(13-17,8-5-2)12-16-11-10-15-9-6-3/h17H,4-13H2,1-3H3. The van der Waals surface area contributed by atoms with Gasteiger partial charge in [0.05, 0.1) is 19.8 Å². The summed E-state index contributed by atoms with van der Waals surface area (Å²) in [7, 11) is 0. The highest BCUT2D eigenvalue weighted by atomic mass is 32.1. The predicted octanol–water partition coefficient (Wildman–Crippen LogP) is 3.95. The monoisotopic (exact) mass is 262 g/mol. The van der Waals surface area contributed by atoms with Crippen molar-refractivity contribution in [3.05, 3.63) is 0 Å². The van der Waals surface area contributed by atoms with Crippen molar-refractivity contribution in [3.63, 3.8) is 0 Å². The van der Waals surface area contributed by atoms with Crippen molar-refractivity contribution in [3.8, 4) is 0 Å². The molecule has 0 N–H and O–H groups in total. The van der Waals surface area contributed by atoms with Gasteiger partial charge in [0.1, 0.15) is 0 Å². The first-order chi connectivity index (χ1) is 8.24. The molecular formula is C14H30O2S. The van der Waals surface area contributed by atoms with E-state index < -0.39 is 0 Å². The van der Waals surface area contributed by atoms with Crippen LogP contribution >= 0.6 is 12.6 Å². The van der Waals surface area contributed by atoms with Crippen LogP contribution in [0.3, 0.4) is 0 Å². The van der Waals surface area contributed by atoms with Crippen LogP contribution in [-0.4, -0.2) is 32.2 Å². The highest BCUT2D eigenvalue weighted by Gasteiger charge is 2.26. The maximum atomic E-state index is 5.77. The molecule has 0 rings (SSSR count). The third-order valence-electron chi connectivity index (χ3n) is 3.02. The fraction of sp³-hybridized carbons (Fsp3) is 1.00. The Bertz CT molecular complexity index is 156. The Hall–Kier alpha value is 0.270. The summed E-state index contributed by atoms with van der Waals surface area (Å²) >= 11 is 4.52. The third-order valence-corrected chi connectivity index (χ3v) is 3.70. The van der Waals surface area contributed by atoms with Crippen molar-refractivity contribution in [1.29, 1.82) is 0 Å². The van der Waals surface area contributed by atoms with Gasteiger partial charge in [0.25, 0.3) is 0 Å². The molecule has 0 aliphatic heterocycles. The van der Waals surface area contributed by atoms with E-state index in [1.165, 1.54) is 25.7 Å². The molecule has 0 radical (unpaired) electrons. The van der Waals surface area contributed by atoms with Gasteiger partial charge in [-0.2, -0.15) is 12.6 Å². The fourth-order valence-corrected chi connectivity index (χ4v) is 2.59. The summed E-state index contributed by atoms with van der Waals surface area (Å²) in [6.07, 6.45) is 5.90. The molecule has 17 heavy (non-hydrogen) atoms. The summed E-state index contributed by atoms with van der Waals surface area (Å²) in [6.45, 7) is 9.68. The highest BCUT2D eigenvalue weighted by Crippen LogP contribution is 2.31. The van der Waals surface area contributed by atoms with E-state index in [0.29, 0.717) is 6.61 Å². The molecule has 3 heteroatoms. The molecule has 0 fully saturated rings. The Morgan fingerprint density at radius 2 is 1.41 bits per heavy atom. The number of ether oxygens (including phenoxy) is 2. The molecule has 0 unspecified atom stereocenters. The quantitative estimate of drug-likeness (QED) is 0.424. The number of thiol groups is 1. The maximum Gasteiger partial charge on any atom is 0.0700 e. The van der Waals surface area contributed by atoms with Crippen LogP contribution in [0, 0.1) is 5.41 Å². The van der Waals surface area contributed by atoms with Crippen LogP contribution in [0.5, 0.6) is 0 Å². The Morgan fingerprint density at radius 1 is 0.824 bits per heavy atom. The lowest BCUT2D eigenvalue weighted by Gasteiger charge is -2.31. The van der Waals surface area contributed by atoms with Gasteiger partial charge in [-0.1, -0.05) is 33.6 Å². The molecule has 0 bridgehead atoms. The zero-order valence-corrected chi connectivity index (χ0v) is 12.7. The van der Waals surface area contributed by atoms with Gasteiger partial charge in [-0.05, 0) is 25.0 Å². The third kappa shape index (κ3) is 8.06. The summed E-state index contributed by atoms with van der Waals surface area (Å²) < 4.78 is 11.2. The predicted molar refractivity (Wildman–Crippen MR) is 78.0 cm³/mol. The van der Waals surface area contributed by atoms with Gasteiger partial charge in [-0.3, -0.25) is 0 Å². The highest BCUT2D eigenvalue weighted by molar-refractivity contribution is 7.80. The Balaban J connectivity index is 3.82. The summed E-state index contributed by atoms with van der Waals surface area (Å²) in [6, 6.07) is 0. The lowest BCUT2D eigenvalue weighted by atomic mass is 9.82. The van der Waals surface area contributed by atoms with Gasteiger partial charge in [-0.25, -0.2) is 0 Å². The lowest BCUT2D eigenvalue weighted by molar-refractivity contribution is 0.00572. The zero-order chi connectivity index (χ0) is 13.0. The SMILES string of the molecule is CCCOCCOCC(CS)(CCC)CCC. The van der Waals surface area contributed by atoms with Crippen molar-refractivity contribution in [2.24, 2.45) is 5.41 Å². The number of hydrogen-bond donors (Lipinski definition) is 1. The van der Waals surface area contributed by atoms with Gasteiger partial charge in [-0.15, -0.1) is 0 Å². The Labute approximate surface area is 113 Å². The van der Waals surface area contributed by atoms with Crippen molar-refractivity contribution in [2.75, 3.05) is 32.2 Å². The van der Waals surface area contributed by atoms with Crippen LogP contribution in [0.4, 0.5) is 0 Å². The summed E-state index contributed by atoms with van der Waals surface area (Å²) in [5.74, 6) is 0.921. The molecule has 104 valence electrons. The maximum absolute atomic E-state index is 5.77. The van der Waals surface area contributed by atoms with Crippen LogP contribution < -0.4 is 0 Å². The minimum atomic E-state index is 0.275.